The number of carbonyl (C=O) groups is 1. The van der Waals surface area contributed by atoms with Crippen LogP contribution in [0, 0.1) is 0 Å². The molecule has 0 spiro atoms. The SMILES string of the molecule is COC(=O)CCCC1(c2ccccc2)Cc2c3cc4c5c2c2c1c1c6c(cc7ccc8cc(c5c5c8c7c6c25)C4)C/C1=C/C/C=C\3. The summed E-state index contributed by atoms with van der Waals surface area (Å²) in [6, 6.07) is 23.6. The first-order valence-electron chi connectivity index (χ1n) is 16.9. The number of methoxy groups -OCH3 is 1. The molecular weight excluding hydrogens is 560 g/mol. The number of benzene rings is 7. The van der Waals surface area contributed by atoms with Gasteiger partial charge in [0.2, 0.25) is 0 Å². The van der Waals surface area contributed by atoms with Gasteiger partial charge in [-0.2, -0.15) is 0 Å². The normalized spacial score (nSPS) is 20.9. The van der Waals surface area contributed by atoms with Crippen molar-refractivity contribution < 1.29 is 9.53 Å². The molecule has 0 heterocycles. The molecule has 0 saturated carbocycles. The fourth-order valence-electron chi connectivity index (χ4n) is 11.0. The van der Waals surface area contributed by atoms with Crippen LogP contribution in [0.1, 0.15) is 70.2 Å². The molecule has 218 valence electrons. The minimum Gasteiger partial charge on any atom is -0.469 e. The first-order chi connectivity index (χ1) is 22.7. The van der Waals surface area contributed by atoms with Crippen LogP contribution >= 0.6 is 0 Å². The zero-order chi connectivity index (χ0) is 30.1. The topological polar surface area (TPSA) is 26.3 Å². The van der Waals surface area contributed by atoms with Crippen LogP contribution in [0.5, 0.6) is 0 Å². The summed E-state index contributed by atoms with van der Waals surface area (Å²) in [5.74, 6) is -0.119. The van der Waals surface area contributed by atoms with Gasteiger partial charge < -0.3 is 4.74 Å². The van der Waals surface area contributed by atoms with Gasteiger partial charge in [0.25, 0.3) is 0 Å². The lowest BCUT2D eigenvalue weighted by molar-refractivity contribution is -0.140. The van der Waals surface area contributed by atoms with Crippen molar-refractivity contribution in [1.82, 2.24) is 0 Å². The summed E-state index contributed by atoms with van der Waals surface area (Å²) in [5.41, 5.74) is 13.0. The lowest BCUT2D eigenvalue weighted by Gasteiger charge is -2.42. The van der Waals surface area contributed by atoms with Crippen LogP contribution in [-0.4, -0.2) is 13.1 Å². The average Bonchev–Trinajstić information content (AvgIpc) is 3.74. The van der Waals surface area contributed by atoms with E-state index < -0.39 is 0 Å². The zero-order valence-corrected chi connectivity index (χ0v) is 25.8. The monoisotopic (exact) mass is 590 g/mol. The van der Waals surface area contributed by atoms with Crippen molar-refractivity contribution in [2.24, 2.45) is 0 Å². The van der Waals surface area contributed by atoms with Gasteiger partial charge in [0.15, 0.2) is 0 Å². The van der Waals surface area contributed by atoms with Gasteiger partial charge in [-0.3, -0.25) is 4.79 Å². The van der Waals surface area contributed by atoms with Gasteiger partial charge in [0, 0.05) is 11.8 Å². The third-order valence-corrected chi connectivity index (χ3v) is 12.5. The Morgan fingerprint density at radius 3 is 2.28 bits per heavy atom. The van der Waals surface area contributed by atoms with E-state index in [-0.39, 0.29) is 11.4 Å². The maximum Gasteiger partial charge on any atom is 0.305 e. The molecule has 8 aromatic rings. The predicted octanol–water partition coefficient (Wildman–Crippen LogP) is 10.4. The summed E-state index contributed by atoms with van der Waals surface area (Å²) in [4.78, 5) is 12.6. The molecule has 0 radical (unpaired) electrons. The van der Waals surface area contributed by atoms with E-state index >= 15 is 0 Å². The summed E-state index contributed by atoms with van der Waals surface area (Å²) >= 11 is 0. The number of esters is 1. The van der Waals surface area contributed by atoms with Gasteiger partial charge in [-0.15, -0.1) is 0 Å². The third kappa shape index (κ3) is 2.54. The molecule has 0 amide bonds. The first-order valence-corrected chi connectivity index (χ1v) is 16.9. The molecule has 1 atom stereocenters. The highest BCUT2D eigenvalue weighted by atomic mass is 16.5. The largest absolute Gasteiger partial charge is 0.469 e. The second kappa shape index (κ2) is 7.88. The van der Waals surface area contributed by atoms with Gasteiger partial charge in [-0.1, -0.05) is 78.9 Å². The molecule has 0 aliphatic heterocycles. The second-order valence-corrected chi connectivity index (χ2v) is 14.5. The van der Waals surface area contributed by atoms with Crippen LogP contribution in [0.3, 0.4) is 0 Å². The Hall–Kier alpha value is -4.95. The average molecular weight is 591 g/mol. The van der Waals surface area contributed by atoms with E-state index in [9.17, 15) is 4.79 Å². The molecule has 1 unspecified atom stereocenters. The van der Waals surface area contributed by atoms with Crippen LogP contribution in [0.15, 0.2) is 72.8 Å². The number of rotatable bonds is 5. The third-order valence-electron chi connectivity index (χ3n) is 12.5. The van der Waals surface area contributed by atoms with Crippen molar-refractivity contribution in [3.63, 3.8) is 0 Å². The molecule has 6 bridgehead atoms. The Labute approximate surface area is 265 Å². The molecule has 8 aromatic carbocycles. The highest BCUT2D eigenvalue weighted by Crippen LogP contribution is 2.64. The Balaban J connectivity index is 1.40. The molecular formula is C44H30O2. The molecule has 0 saturated heterocycles. The quantitative estimate of drug-likeness (QED) is 0.147. The Kier molecular flexibility index (Phi) is 4.16. The van der Waals surface area contributed by atoms with Gasteiger partial charge in [-0.25, -0.2) is 0 Å². The summed E-state index contributed by atoms with van der Waals surface area (Å²) < 4.78 is 5.17. The molecule has 0 fully saturated rings. The number of allylic oxidation sites excluding steroid dienone is 3. The molecule has 5 aliphatic rings. The Morgan fingerprint density at radius 1 is 0.761 bits per heavy atom. The van der Waals surface area contributed by atoms with E-state index in [2.05, 4.69) is 78.9 Å². The molecule has 0 aromatic heterocycles. The number of fused-ring (bicyclic) bond motifs is 3. The fraction of sp³-hybridized carbons (Fsp3) is 0.205. The van der Waals surface area contributed by atoms with E-state index in [1.54, 1.807) is 0 Å². The van der Waals surface area contributed by atoms with Crippen LogP contribution < -0.4 is 0 Å². The standard InChI is InChI=1S/C44H30O2/c1-46-31(45)12-7-15-44(29-10-3-2-4-11-29)21-30-22-8-5-6-9-23-17-27-18-24-13-14-25-19-28-20-26(16-22)34-35(28)39-32(25)33(24)40-36(27)37(23)43(44)42(38(30)34)41(39)40/h2-5,8-11,13-14,16,18-19H,6-7,12,15,17,20-21H2,1H3/b8-5-,23-9-. The molecule has 5 aliphatic carbocycles. The Bertz CT molecular complexity index is 2760. The minimum atomic E-state index is -0.268. The van der Waals surface area contributed by atoms with E-state index in [1.165, 1.54) is 122 Å². The van der Waals surface area contributed by atoms with E-state index in [4.69, 9.17) is 4.74 Å². The summed E-state index contributed by atoms with van der Waals surface area (Å²) in [6.45, 7) is 0. The summed E-state index contributed by atoms with van der Waals surface area (Å²) in [6.07, 6.45) is 13.3. The Morgan fingerprint density at radius 2 is 1.48 bits per heavy atom. The van der Waals surface area contributed by atoms with Gasteiger partial charge in [0.1, 0.15) is 0 Å². The smallest absolute Gasteiger partial charge is 0.305 e. The highest BCUT2D eigenvalue weighted by molar-refractivity contribution is 6.51. The number of hydrogen-bond donors (Lipinski definition) is 0. The summed E-state index contributed by atoms with van der Waals surface area (Å²) in [7, 11) is 1.51. The first kappa shape index (κ1) is 24.3. The number of ether oxygens (including phenoxy) is 1. The maximum absolute atomic E-state index is 12.6. The van der Waals surface area contributed by atoms with Gasteiger partial charge in [0.05, 0.1) is 7.11 Å². The second-order valence-electron chi connectivity index (χ2n) is 14.5. The number of hydrogen-bond acceptors (Lipinski definition) is 2. The van der Waals surface area contributed by atoms with Gasteiger partial charge >= 0.3 is 5.97 Å². The van der Waals surface area contributed by atoms with Crippen LogP contribution in [0.2, 0.25) is 0 Å². The predicted molar refractivity (Wildman–Crippen MR) is 190 cm³/mol. The van der Waals surface area contributed by atoms with Crippen LogP contribution in [0.4, 0.5) is 0 Å². The van der Waals surface area contributed by atoms with Crippen molar-refractivity contribution in [3.8, 4) is 0 Å². The molecule has 0 N–H and O–H groups in total. The van der Waals surface area contributed by atoms with Gasteiger partial charge in [-0.05, 0) is 153 Å². The zero-order valence-electron chi connectivity index (χ0n) is 25.8. The summed E-state index contributed by atoms with van der Waals surface area (Å²) in [5, 5.41) is 17.8. The molecule has 2 nitrogen and oxygen atoms in total. The maximum atomic E-state index is 12.6. The van der Waals surface area contributed by atoms with Crippen molar-refractivity contribution in [2.75, 3.05) is 7.11 Å². The molecule has 13 rings (SSSR count). The van der Waals surface area contributed by atoms with Crippen molar-refractivity contribution >= 4 is 82.3 Å². The van der Waals surface area contributed by atoms with E-state index in [0.29, 0.717) is 6.42 Å². The number of carbonyl (C=O) groups excluding carboxylic acids is 1. The van der Waals surface area contributed by atoms with Crippen LogP contribution in [0.25, 0.3) is 76.3 Å². The fourth-order valence-corrected chi connectivity index (χ4v) is 11.0. The lowest BCUT2D eigenvalue weighted by atomic mass is 9.60. The highest BCUT2D eigenvalue weighted by Gasteiger charge is 2.46. The minimum absolute atomic E-state index is 0.119. The lowest BCUT2D eigenvalue weighted by Crippen LogP contribution is -2.35. The van der Waals surface area contributed by atoms with Crippen molar-refractivity contribution in [3.05, 3.63) is 117 Å². The van der Waals surface area contributed by atoms with E-state index in [1.807, 2.05) is 0 Å². The molecule has 2 heteroatoms. The van der Waals surface area contributed by atoms with Crippen molar-refractivity contribution in [1.29, 1.82) is 0 Å². The van der Waals surface area contributed by atoms with E-state index in [0.717, 1.165) is 38.5 Å². The van der Waals surface area contributed by atoms with Crippen molar-refractivity contribution in [2.45, 2.75) is 50.4 Å². The van der Waals surface area contributed by atoms with Crippen LogP contribution in [-0.2, 0) is 34.2 Å². The molecule has 46 heavy (non-hydrogen) atoms.